The van der Waals surface area contributed by atoms with Crippen molar-refractivity contribution in [2.45, 2.75) is 6.42 Å². The molecule has 0 unspecified atom stereocenters. The van der Waals surface area contributed by atoms with Gasteiger partial charge >= 0.3 is 0 Å². The van der Waals surface area contributed by atoms with Crippen molar-refractivity contribution in [1.29, 1.82) is 5.26 Å². The zero-order valence-electron chi connectivity index (χ0n) is 13.6. The Bertz CT molecular complexity index is 879. The van der Waals surface area contributed by atoms with Crippen LogP contribution in [0.2, 0.25) is 0 Å². The summed E-state index contributed by atoms with van der Waals surface area (Å²) in [4.78, 5) is 0. The number of hydrogen-bond donors (Lipinski definition) is 0. The Kier molecular flexibility index (Phi) is 4.48. The second kappa shape index (κ2) is 6.88. The van der Waals surface area contributed by atoms with Crippen LogP contribution in [0.4, 0.5) is 0 Å². The molecule has 0 fully saturated rings. The monoisotopic (exact) mass is 319 g/mol. The molecule has 1 aromatic heterocycles. The molecule has 0 atom stereocenters. The summed E-state index contributed by atoms with van der Waals surface area (Å²) in [5, 5.41) is 13.8. The third kappa shape index (κ3) is 2.95. The molecule has 3 aromatic rings. The molecule has 2 aromatic carbocycles. The van der Waals surface area contributed by atoms with Crippen molar-refractivity contribution in [1.82, 2.24) is 9.78 Å². The van der Waals surface area contributed by atoms with Crippen molar-refractivity contribution in [3.8, 4) is 34.5 Å². The van der Waals surface area contributed by atoms with E-state index in [0.29, 0.717) is 11.5 Å². The molecule has 0 N–H and O–H groups in total. The zero-order valence-corrected chi connectivity index (χ0v) is 13.6. The van der Waals surface area contributed by atoms with Crippen LogP contribution in [0.25, 0.3) is 16.9 Å². The molecule has 0 aliphatic heterocycles. The van der Waals surface area contributed by atoms with E-state index in [-0.39, 0.29) is 6.42 Å². The average molecular weight is 319 g/mol. The highest BCUT2D eigenvalue weighted by Crippen LogP contribution is 2.33. The maximum atomic E-state index is 9.12. The van der Waals surface area contributed by atoms with Crippen LogP contribution < -0.4 is 9.47 Å². The first-order valence-electron chi connectivity index (χ1n) is 7.50. The average Bonchev–Trinajstić information content (AvgIpc) is 3.06. The van der Waals surface area contributed by atoms with Gasteiger partial charge in [-0.15, -0.1) is 0 Å². The molecule has 0 radical (unpaired) electrons. The predicted molar refractivity (Wildman–Crippen MR) is 91.4 cm³/mol. The molecule has 5 nitrogen and oxygen atoms in total. The highest BCUT2D eigenvalue weighted by atomic mass is 16.5. The Morgan fingerprint density at radius 2 is 1.79 bits per heavy atom. The summed E-state index contributed by atoms with van der Waals surface area (Å²) in [6.07, 6.45) is 2.18. The number of nitrogens with zero attached hydrogens (tertiary/aromatic N) is 3. The Balaban J connectivity index is 2.10. The molecule has 3 rings (SSSR count). The topological polar surface area (TPSA) is 60.1 Å². The number of ether oxygens (including phenoxy) is 2. The van der Waals surface area contributed by atoms with Crippen molar-refractivity contribution in [3.05, 3.63) is 60.3 Å². The van der Waals surface area contributed by atoms with Crippen LogP contribution in [-0.2, 0) is 6.42 Å². The number of methoxy groups -OCH3 is 2. The number of hydrogen-bond acceptors (Lipinski definition) is 4. The second-order valence-electron chi connectivity index (χ2n) is 5.19. The van der Waals surface area contributed by atoms with E-state index < -0.39 is 0 Å². The van der Waals surface area contributed by atoms with Gasteiger partial charge in [-0.1, -0.05) is 18.2 Å². The molecule has 0 saturated carbocycles. The SMILES string of the molecule is COc1ccc(-c2nn(-c3ccccc3)cc2CC#N)cc1OC. The van der Waals surface area contributed by atoms with Gasteiger partial charge in [0.1, 0.15) is 0 Å². The lowest BCUT2D eigenvalue weighted by Crippen LogP contribution is -1.95. The Morgan fingerprint density at radius 1 is 1.04 bits per heavy atom. The van der Waals surface area contributed by atoms with E-state index in [1.807, 2.05) is 54.7 Å². The summed E-state index contributed by atoms with van der Waals surface area (Å²) < 4.78 is 12.4. The van der Waals surface area contributed by atoms with Gasteiger partial charge in [0, 0.05) is 17.3 Å². The fourth-order valence-corrected chi connectivity index (χ4v) is 2.56. The van der Waals surface area contributed by atoms with Gasteiger partial charge < -0.3 is 9.47 Å². The number of rotatable bonds is 5. The van der Waals surface area contributed by atoms with Crippen LogP contribution in [0.3, 0.4) is 0 Å². The summed E-state index contributed by atoms with van der Waals surface area (Å²) in [5.41, 5.74) is 3.46. The standard InChI is InChI=1S/C19H17N3O2/c1-23-17-9-8-14(12-18(17)24-2)19-15(10-11-20)13-22(21-19)16-6-4-3-5-7-16/h3-9,12-13H,10H2,1-2H3. The third-order valence-corrected chi connectivity index (χ3v) is 3.74. The summed E-state index contributed by atoms with van der Waals surface area (Å²) in [6, 6.07) is 17.6. The van der Waals surface area contributed by atoms with Gasteiger partial charge in [-0.3, -0.25) is 0 Å². The smallest absolute Gasteiger partial charge is 0.161 e. The molecule has 24 heavy (non-hydrogen) atoms. The highest BCUT2D eigenvalue weighted by molar-refractivity contribution is 5.67. The first-order valence-corrected chi connectivity index (χ1v) is 7.50. The first-order chi connectivity index (χ1) is 11.8. The van der Waals surface area contributed by atoms with Gasteiger partial charge in [0.05, 0.1) is 38.1 Å². The molecule has 120 valence electrons. The van der Waals surface area contributed by atoms with Crippen LogP contribution in [0, 0.1) is 11.3 Å². The van der Waals surface area contributed by atoms with Gasteiger partial charge in [-0.05, 0) is 30.3 Å². The Labute approximate surface area is 140 Å². The molecule has 0 amide bonds. The van der Waals surface area contributed by atoms with Crippen LogP contribution in [-0.4, -0.2) is 24.0 Å². The van der Waals surface area contributed by atoms with Crippen LogP contribution >= 0.6 is 0 Å². The lowest BCUT2D eigenvalue weighted by Gasteiger charge is -2.09. The molecule has 0 spiro atoms. The minimum atomic E-state index is 0.288. The lowest BCUT2D eigenvalue weighted by molar-refractivity contribution is 0.355. The minimum Gasteiger partial charge on any atom is -0.493 e. The maximum Gasteiger partial charge on any atom is 0.161 e. The maximum absolute atomic E-state index is 9.12. The van der Waals surface area contributed by atoms with Crippen molar-refractivity contribution < 1.29 is 9.47 Å². The van der Waals surface area contributed by atoms with Crippen molar-refractivity contribution in [3.63, 3.8) is 0 Å². The number of nitriles is 1. The van der Waals surface area contributed by atoms with Gasteiger partial charge in [-0.25, -0.2) is 4.68 Å². The molecule has 0 aliphatic rings. The number of benzene rings is 2. The van der Waals surface area contributed by atoms with Crippen molar-refractivity contribution in [2.24, 2.45) is 0 Å². The zero-order chi connectivity index (χ0) is 16.9. The molecule has 0 saturated heterocycles. The summed E-state index contributed by atoms with van der Waals surface area (Å²) >= 11 is 0. The van der Waals surface area contributed by atoms with E-state index in [2.05, 4.69) is 11.2 Å². The molecule has 5 heteroatoms. The quantitative estimate of drug-likeness (QED) is 0.720. The van der Waals surface area contributed by atoms with E-state index in [0.717, 1.165) is 22.5 Å². The first kappa shape index (κ1) is 15.6. The van der Waals surface area contributed by atoms with E-state index in [4.69, 9.17) is 14.7 Å². The molecule has 0 bridgehead atoms. The third-order valence-electron chi connectivity index (χ3n) is 3.74. The van der Waals surface area contributed by atoms with Crippen LogP contribution in [0.5, 0.6) is 11.5 Å². The summed E-state index contributed by atoms with van der Waals surface area (Å²) in [7, 11) is 3.20. The number of aromatic nitrogens is 2. The summed E-state index contributed by atoms with van der Waals surface area (Å²) in [5.74, 6) is 1.29. The Hall–Kier alpha value is -3.26. The van der Waals surface area contributed by atoms with Crippen LogP contribution in [0.15, 0.2) is 54.7 Å². The number of para-hydroxylation sites is 1. The Morgan fingerprint density at radius 3 is 2.46 bits per heavy atom. The van der Waals surface area contributed by atoms with Gasteiger partial charge in [0.15, 0.2) is 11.5 Å². The van der Waals surface area contributed by atoms with Gasteiger partial charge in [0.2, 0.25) is 0 Å². The minimum absolute atomic E-state index is 0.288. The van der Waals surface area contributed by atoms with E-state index in [1.165, 1.54) is 0 Å². The predicted octanol–water partition coefficient (Wildman–Crippen LogP) is 3.62. The summed E-state index contributed by atoms with van der Waals surface area (Å²) in [6.45, 7) is 0. The van der Waals surface area contributed by atoms with Crippen molar-refractivity contribution in [2.75, 3.05) is 14.2 Å². The molecule has 1 heterocycles. The lowest BCUT2D eigenvalue weighted by atomic mass is 10.1. The largest absolute Gasteiger partial charge is 0.493 e. The van der Waals surface area contributed by atoms with Crippen LogP contribution in [0.1, 0.15) is 5.56 Å². The highest BCUT2D eigenvalue weighted by Gasteiger charge is 2.14. The fraction of sp³-hybridized carbons (Fsp3) is 0.158. The normalized spacial score (nSPS) is 10.2. The van der Waals surface area contributed by atoms with Crippen molar-refractivity contribution >= 4 is 0 Å². The van der Waals surface area contributed by atoms with E-state index in [1.54, 1.807) is 18.9 Å². The fourth-order valence-electron chi connectivity index (χ4n) is 2.56. The van der Waals surface area contributed by atoms with Gasteiger partial charge in [0.25, 0.3) is 0 Å². The molecular formula is C19H17N3O2. The van der Waals surface area contributed by atoms with E-state index in [9.17, 15) is 0 Å². The van der Waals surface area contributed by atoms with Gasteiger partial charge in [-0.2, -0.15) is 10.4 Å². The molecular weight excluding hydrogens is 302 g/mol. The second-order valence-corrected chi connectivity index (χ2v) is 5.19. The van der Waals surface area contributed by atoms with E-state index >= 15 is 0 Å². The molecule has 0 aliphatic carbocycles.